The van der Waals surface area contributed by atoms with Gasteiger partial charge in [-0.1, -0.05) is 117 Å². The minimum Gasteiger partial charge on any atom is -0.462 e. The van der Waals surface area contributed by atoms with Gasteiger partial charge in [-0.05, 0) is 92.3 Å². The fourth-order valence-electron chi connectivity index (χ4n) is 9.94. The van der Waals surface area contributed by atoms with Crippen LogP contribution in [0.2, 0.25) is 0 Å². The van der Waals surface area contributed by atoms with Crippen molar-refractivity contribution in [1.29, 1.82) is 0 Å². The third-order valence-electron chi connectivity index (χ3n) is 12.3. The number of unbranched alkanes of at least 4 members (excludes halogenated alkanes) is 8. The zero-order valence-corrected chi connectivity index (χ0v) is 28.4. The third-order valence-corrected chi connectivity index (χ3v) is 15.9. The molecule has 4 rings (SSSR count). The minimum atomic E-state index is 0.0246. The second-order valence-electron chi connectivity index (χ2n) is 14.4. The van der Waals surface area contributed by atoms with E-state index >= 15 is 0 Å². The van der Waals surface area contributed by atoms with Gasteiger partial charge in [0.1, 0.15) is 6.10 Å². The Labute approximate surface area is 252 Å². The smallest absolute Gasteiger partial charge is 0.306 e. The van der Waals surface area contributed by atoms with Gasteiger partial charge in [0.05, 0.1) is 0 Å². The zero-order valence-electron chi connectivity index (χ0n) is 25.2. The molecule has 4 fully saturated rings. The van der Waals surface area contributed by atoms with Gasteiger partial charge in [0, 0.05) is 22.0 Å². The average molecular weight is 659 g/mol. The Kier molecular flexibility index (Phi) is 11.2. The summed E-state index contributed by atoms with van der Waals surface area (Å²) in [6.45, 7) is 9.82. The van der Waals surface area contributed by atoms with Crippen molar-refractivity contribution in [2.24, 2.45) is 34.5 Å². The molecule has 220 valence electrons. The molecule has 4 saturated carbocycles. The van der Waals surface area contributed by atoms with Crippen molar-refractivity contribution in [3.8, 4) is 0 Å². The first kappa shape index (κ1) is 31.4. The highest BCUT2D eigenvalue weighted by Gasteiger charge is 2.66. The van der Waals surface area contributed by atoms with Gasteiger partial charge in [0.2, 0.25) is 0 Å². The van der Waals surface area contributed by atoms with Crippen LogP contribution in [0.4, 0.5) is 0 Å². The SMILES string of the molecule is CCCCCCCC[C@H]1CC[C@H]2[C@H]3C[C@H](Br)[C@@]4(Br)C[C@@H](OC(=O)CCCCCC)CC[C@]4(C)[C@@H]3CC[C@]12C. The first-order chi connectivity index (χ1) is 18.2. The molecule has 0 aromatic carbocycles. The lowest BCUT2D eigenvalue weighted by molar-refractivity contribution is -0.157. The van der Waals surface area contributed by atoms with Crippen molar-refractivity contribution in [3.05, 3.63) is 0 Å². The van der Waals surface area contributed by atoms with Crippen molar-refractivity contribution in [3.63, 3.8) is 0 Å². The lowest BCUT2D eigenvalue weighted by atomic mass is 9.44. The predicted molar refractivity (Wildman–Crippen MR) is 168 cm³/mol. The molecule has 0 unspecified atom stereocenters. The standard InChI is InChI=1S/C34H58Br2O2/c1-5-7-9-11-12-13-15-25-17-18-28-27-23-30(35)34(36)24-26(38-31(37)16-14-10-8-6-2)19-22-33(34,4)29(27)20-21-32(25,28)3/h25-30H,5-24H2,1-4H3/t25-,26-,27+,28-,29+,30-,32+,33+,34-/m0/s1. The van der Waals surface area contributed by atoms with Crippen LogP contribution in [0.5, 0.6) is 0 Å². The number of carbonyl (C=O) groups is 1. The quantitative estimate of drug-likeness (QED) is 0.112. The predicted octanol–water partition coefficient (Wildman–Crippen LogP) is 11.2. The van der Waals surface area contributed by atoms with Gasteiger partial charge in [-0.15, -0.1) is 0 Å². The summed E-state index contributed by atoms with van der Waals surface area (Å²) in [5.74, 6) is 3.53. The number of alkyl halides is 2. The van der Waals surface area contributed by atoms with E-state index in [2.05, 4.69) is 59.6 Å². The summed E-state index contributed by atoms with van der Waals surface area (Å²) in [4.78, 5) is 13.1. The first-order valence-corrected chi connectivity index (χ1v) is 18.4. The largest absolute Gasteiger partial charge is 0.462 e. The Morgan fingerprint density at radius 1 is 0.842 bits per heavy atom. The van der Waals surface area contributed by atoms with Crippen LogP contribution < -0.4 is 0 Å². The lowest BCUT2D eigenvalue weighted by Gasteiger charge is -2.65. The van der Waals surface area contributed by atoms with Gasteiger partial charge in [0.15, 0.2) is 0 Å². The zero-order chi connectivity index (χ0) is 27.4. The molecule has 0 N–H and O–H groups in total. The van der Waals surface area contributed by atoms with E-state index in [0.717, 1.165) is 49.4 Å². The number of carbonyl (C=O) groups excluding carboxylic acids is 1. The van der Waals surface area contributed by atoms with E-state index in [1.165, 1.54) is 96.3 Å². The van der Waals surface area contributed by atoms with Gasteiger partial charge < -0.3 is 4.74 Å². The number of hydrogen-bond acceptors (Lipinski definition) is 2. The van der Waals surface area contributed by atoms with Crippen LogP contribution in [0.3, 0.4) is 0 Å². The van der Waals surface area contributed by atoms with Crippen LogP contribution in [0.25, 0.3) is 0 Å². The van der Waals surface area contributed by atoms with E-state index in [9.17, 15) is 4.79 Å². The summed E-state index contributed by atoms with van der Waals surface area (Å²) in [6, 6.07) is 0. The van der Waals surface area contributed by atoms with Gasteiger partial charge in [-0.2, -0.15) is 0 Å². The monoisotopic (exact) mass is 656 g/mol. The number of halogens is 2. The molecule has 0 aromatic rings. The molecule has 4 heteroatoms. The minimum absolute atomic E-state index is 0.0246. The van der Waals surface area contributed by atoms with Crippen molar-refractivity contribution in [2.45, 2.75) is 171 Å². The Hall–Kier alpha value is 0.430. The molecule has 0 aliphatic heterocycles. The highest BCUT2D eigenvalue weighted by atomic mass is 79.9. The topological polar surface area (TPSA) is 26.3 Å². The molecular formula is C34H58Br2O2. The van der Waals surface area contributed by atoms with Crippen LogP contribution in [0, 0.1) is 34.5 Å². The summed E-state index contributed by atoms with van der Waals surface area (Å²) in [6.07, 6.45) is 25.4. The average Bonchev–Trinajstić information content (AvgIpc) is 3.22. The number of hydrogen-bond donors (Lipinski definition) is 0. The summed E-state index contributed by atoms with van der Waals surface area (Å²) in [7, 11) is 0. The van der Waals surface area contributed by atoms with Crippen molar-refractivity contribution in [2.75, 3.05) is 0 Å². The molecular weight excluding hydrogens is 600 g/mol. The molecule has 0 aromatic heterocycles. The number of esters is 1. The highest BCUT2D eigenvalue weighted by Crippen LogP contribution is 2.71. The molecule has 0 radical (unpaired) electrons. The summed E-state index contributed by atoms with van der Waals surface area (Å²) < 4.78 is 6.12. The third kappa shape index (κ3) is 6.27. The van der Waals surface area contributed by atoms with E-state index in [0.29, 0.717) is 16.7 Å². The Bertz CT molecular complexity index is 772. The van der Waals surface area contributed by atoms with E-state index in [1.54, 1.807) is 0 Å². The van der Waals surface area contributed by atoms with Crippen molar-refractivity contribution in [1.82, 2.24) is 0 Å². The first-order valence-electron chi connectivity index (χ1n) is 16.7. The second-order valence-corrected chi connectivity index (χ2v) is 16.9. The molecule has 0 saturated heterocycles. The second kappa shape index (κ2) is 13.6. The maximum absolute atomic E-state index is 12.6. The maximum Gasteiger partial charge on any atom is 0.306 e. The van der Waals surface area contributed by atoms with Crippen molar-refractivity contribution >= 4 is 37.8 Å². The maximum atomic E-state index is 12.6. The molecule has 0 heterocycles. The van der Waals surface area contributed by atoms with Crippen LogP contribution in [-0.2, 0) is 9.53 Å². The van der Waals surface area contributed by atoms with Crippen LogP contribution in [0.1, 0.15) is 156 Å². The molecule has 0 bridgehead atoms. The summed E-state index contributed by atoms with van der Waals surface area (Å²) in [5, 5.41) is 0. The number of ether oxygens (including phenoxy) is 1. The van der Waals surface area contributed by atoms with Crippen LogP contribution in [0.15, 0.2) is 0 Å². The summed E-state index contributed by atoms with van der Waals surface area (Å²) in [5.41, 5.74) is 0.831. The molecule has 0 spiro atoms. The fourth-order valence-corrected chi connectivity index (χ4v) is 12.1. The molecule has 2 nitrogen and oxygen atoms in total. The molecule has 38 heavy (non-hydrogen) atoms. The fraction of sp³-hybridized carbons (Fsp3) is 0.971. The normalized spacial score (nSPS) is 42.3. The molecule has 0 amide bonds. The van der Waals surface area contributed by atoms with E-state index in [4.69, 9.17) is 4.74 Å². The highest BCUT2D eigenvalue weighted by molar-refractivity contribution is 9.12. The summed E-state index contributed by atoms with van der Waals surface area (Å²) >= 11 is 8.63. The van der Waals surface area contributed by atoms with Gasteiger partial charge in [-0.3, -0.25) is 4.79 Å². The van der Waals surface area contributed by atoms with Gasteiger partial charge in [-0.25, -0.2) is 0 Å². The van der Waals surface area contributed by atoms with Crippen LogP contribution >= 0.6 is 31.9 Å². The lowest BCUT2D eigenvalue weighted by Crippen LogP contribution is -2.64. The number of rotatable bonds is 13. The molecule has 9 atom stereocenters. The van der Waals surface area contributed by atoms with Crippen LogP contribution in [-0.4, -0.2) is 21.2 Å². The van der Waals surface area contributed by atoms with E-state index in [1.807, 2.05) is 0 Å². The van der Waals surface area contributed by atoms with Crippen molar-refractivity contribution < 1.29 is 9.53 Å². The van der Waals surface area contributed by atoms with E-state index < -0.39 is 0 Å². The van der Waals surface area contributed by atoms with E-state index in [-0.39, 0.29) is 21.8 Å². The Morgan fingerprint density at radius 3 is 2.26 bits per heavy atom. The van der Waals surface area contributed by atoms with Gasteiger partial charge >= 0.3 is 5.97 Å². The molecule has 4 aliphatic rings. The number of fused-ring (bicyclic) bond motifs is 5. The van der Waals surface area contributed by atoms with Gasteiger partial charge in [0.25, 0.3) is 0 Å². The Morgan fingerprint density at radius 2 is 1.53 bits per heavy atom. The Balaban J connectivity index is 1.36. The molecule has 4 aliphatic carbocycles.